The van der Waals surface area contributed by atoms with E-state index in [-0.39, 0.29) is 0 Å². The first kappa shape index (κ1) is 13.8. The van der Waals surface area contributed by atoms with Crippen LogP contribution in [0, 0.1) is 0 Å². The highest BCUT2D eigenvalue weighted by atomic mass is 32.2. The molecule has 2 nitrogen and oxygen atoms in total. The van der Waals surface area contributed by atoms with Crippen LogP contribution < -0.4 is 10.2 Å². The van der Waals surface area contributed by atoms with Crippen molar-refractivity contribution in [1.82, 2.24) is 5.32 Å². The predicted molar refractivity (Wildman–Crippen MR) is 82.0 cm³/mol. The van der Waals surface area contributed by atoms with Gasteiger partial charge in [-0.2, -0.15) is 0 Å². The summed E-state index contributed by atoms with van der Waals surface area (Å²) in [6.45, 7) is 8.97. The fraction of sp³-hybridized carbons (Fsp3) is 0.600. The molecule has 18 heavy (non-hydrogen) atoms. The molecule has 0 bridgehead atoms. The van der Waals surface area contributed by atoms with E-state index < -0.39 is 0 Å². The van der Waals surface area contributed by atoms with Gasteiger partial charge in [0.1, 0.15) is 0 Å². The first-order valence-electron chi connectivity index (χ1n) is 6.81. The van der Waals surface area contributed by atoms with Crippen LogP contribution in [-0.2, 0) is 0 Å². The summed E-state index contributed by atoms with van der Waals surface area (Å²) in [5, 5.41) is 3.25. The van der Waals surface area contributed by atoms with Gasteiger partial charge in [-0.15, -0.1) is 11.8 Å². The van der Waals surface area contributed by atoms with Crippen molar-refractivity contribution in [2.24, 2.45) is 0 Å². The zero-order valence-corrected chi connectivity index (χ0v) is 12.7. The Labute approximate surface area is 115 Å². The van der Waals surface area contributed by atoms with Crippen molar-refractivity contribution < 1.29 is 0 Å². The van der Waals surface area contributed by atoms with Crippen LogP contribution >= 0.6 is 11.8 Å². The van der Waals surface area contributed by atoms with Gasteiger partial charge < -0.3 is 10.2 Å². The van der Waals surface area contributed by atoms with Crippen LogP contribution in [0.2, 0.25) is 0 Å². The molecule has 0 radical (unpaired) electrons. The molecule has 100 valence electrons. The molecule has 1 heterocycles. The third-order valence-electron chi connectivity index (χ3n) is 3.57. The summed E-state index contributed by atoms with van der Waals surface area (Å²) in [6.07, 6.45) is 0. The predicted octanol–water partition coefficient (Wildman–Crippen LogP) is 3.33. The molecule has 0 amide bonds. The average molecular weight is 264 g/mol. The van der Waals surface area contributed by atoms with Gasteiger partial charge in [0.15, 0.2) is 0 Å². The first-order valence-corrected chi connectivity index (χ1v) is 7.80. The Morgan fingerprint density at radius 2 is 2.22 bits per heavy atom. The standard InChI is InChI=1S/C15H24N2S/c1-11(2)13-5-6-14-15(9-13)18-10-12(3)17(14)8-7-16-4/h5-6,9,11-12,16H,7-8,10H2,1-4H3. The van der Waals surface area contributed by atoms with Gasteiger partial charge in [-0.1, -0.05) is 19.9 Å². The molecule has 1 atom stereocenters. The Morgan fingerprint density at radius 1 is 1.44 bits per heavy atom. The Morgan fingerprint density at radius 3 is 2.89 bits per heavy atom. The normalized spacial score (nSPS) is 19.2. The number of nitrogens with one attached hydrogen (secondary N) is 1. The SMILES string of the molecule is CNCCN1c2ccc(C(C)C)cc2SCC1C. The monoisotopic (exact) mass is 264 g/mol. The van der Waals surface area contributed by atoms with Crippen LogP contribution in [0.3, 0.4) is 0 Å². The lowest BCUT2D eigenvalue weighted by molar-refractivity contribution is 0.648. The van der Waals surface area contributed by atoms with Crippen LogP contribution in [0.1, 0.15) is 32.3 Å². The van der Waals surface area contributed by atoms with Gasteiger partial charge in [0.05, 0.1) is 5.69 Å². The van der Waals surface area contributed by atoms with Crippen molar-refractivity contribution in [3.05, 3.63) is 23.8 Å². The molecule has 1 aromatic rings. The quantitative estimate of drug-likeness (QED) is 0.898. The van der Waals surface area contributed by atoms with Gasteiger partial charge >= 0.3 is 0 Å². The van der Waals surface area contributed by atoms with Crippen molar-refractivity contribution in [3.63, 3.8) is 0 Å². The molecule has 1 N–H and O–H groups in total. The minimum Gasteiger partial charge on any atom is -0.366 e. The number of hydrogen-bond donors (Lipinski definition) is 1. The Balaban J connectivity index is 2.26. The molecule has 0 fully saturated rings. The summed E-state index contributed by atoms with van der Waals surface area (Å²) in [5.74, 6) is 1.80. The summed E-state index contributed by atoms with van der Waals surface area (Å²) in [6, 6.07) is 7.60. The number of hydrogen-bond acceptors (Lipinski definition) is 3. The van der Waals surface area contributed by atoms with E-state index in [1.807, 2.05) is 18.8 Å². The molecular formula is C15H24N2S. The molecule has 1 aliphatic heterocycles. The number of benzene rings is 1. The van der Waals surface area contributed by atoms with Crippen molar-refractivity contribution in [2.45, 2.75) is 37.6 Å². The zero-order valence-electron chi connectivity index (χ0n) is 11.9. The van der Waals surface area contributed by atoms with E-state index in [0.717, 1.165) is 13.1 Å². The van der Waals surface area contributed by atoms with E-state index in [4.69, 9.17) is 0 Å². The highest BCUT2D eigenvalue weighted by Crippen LogP contribution is 2.38. The number of thioether (sulfide) groups is 1. The second-order valence-electron chi connectivity index (χ2n) is 5.34. The van der Waals surface area contributed by atoms with Gasteiger partial charge in [0.25, 0.3) is 0 Å². The van der Waals surface area contributed by atoms with Gasteiger partial charge in [-0.3, -0.25) is 0 Å². The second kappa shape index (κ2) is 5.98. The zero-order chi connectivity index (χ0) is 13.1. The number of likely N-dealkylation sites (N-methyl/N-ethyl adjacent to an activating group) is 1. The lowest BCUT2D eigenvalue weighted by atomic mass is 10.0. The van der Waals surface area contributed by atoms with Gasteiger partial charge in [-0.25, -0.2) is 0 Å². The van der Waals surface area contributed by atoms with Crippen molar-refractivity contribution in [2.75, 3.05) is 30.8 Å². The number of anilines is 1. The summed E-state index contributed by atoms with van der Waals surface area (Å²) in [4.78, 5) is 3.99. The fourth-order valence-corrected chi connectivity index (χ4v) is 3.51. The largest absolute Gasteiger partial charge is 0.366 e. The van der Waals surface area contributed by atoms with Gasteiger partial charge in [0, 0.05) is 29.8 Å². The molecule has 0 aromatic heterocycles. The lowest BCUT2D eigenvalue weighted by Gasteiger charge is -2.37. The maximum absolute atomic E-state index is 3.25. The van der Waals surface area contributed by atoms with E-state index in [0.29, 0.717) is 12.0 Å². The third kappa shape index (κ3) is 2.83. The molecular weight excluding hydrogens is 240 g/mol. The highest BCUT2D eigenvalue weighted by molar-refractivity contribution is 7.99. The maximum Gasteiger partial charge on any atom is 0.0507 e. The smallest absolute Gasteiger partial charge is 0.0507 e. The number of nitrogens with zero attached hydrogens (tertiary/aromatic N) is 1. The summed E-state index contributed by atoms with van der Waals surface area (Å²) >= 11 is 2.00. The third-order valence-corrected chi connectivity index (χ3v) is 4.86. The lowest BCUT2D eigenvalue weighted by Crippen LogP contribution is -2.41. The van der Waals surface area contributed by atoms with E-state index in [2.05, 4.69) is 49.2 Å². The van der Waals surface area contributed by atoms with E-state index >= 15 is 0 Å². The Bertz CT molecular complexity index is 403. The van der Waals surface area contributed by atoms with Crippen molar-refractivity contribution in [1.29, 1.82) is 0 Å². The Kier molecular flexibility index (Phi) is 4.57. The minimum atomic E-state index is 0.612. The minimum absolute atomic E-state index is 0.612. The number of fused-ring (bicyclic) bond motifs is 1. The highest BCUT2D eigenvalue weighted by Gasteiger charge is 2.23. The van der Waals surface area contributed by atoms with Crippen LogP contribution in [0.5, 0.6) is 0 Å². The molecule has 0 saturated carbocycles. The van der Waals surface area contributed by atoms with E-state index in [9.17, 15) is 0 Å². The molecule has 2 rings (SSSR count). The summed E-state index contributed by atoms with van der Waals surface area (Å²) in [5.41, 5.74) is 2.86. The summed E-state index contributed by atoms with van der Waals surface area (Å²) < 4.78 is 0. The molecule has 1 unspecified atom stereocenters. The summed E-state index contributed by atoms with van der Waals surface area (Å²) in [7, 11) is 2.02. The van der Waals surface area contributed by atoms with Gasteiger partial charge in [0.2, 0.25) is 0 Å². The Hall–Kier alpha value is -0.670. The molecule has 1 aromatic carbocycles. The van der Waals surface area contributed by atoms with Gasteiger partial charge in [-0.05, 0) is 37.6 Å². The van der Waals surface area contributed by atoms with Crippen LogP contribution in [0.15, 0.2) is 23.1 Å². The molecule has 0 spiro atoms. The fourth-order valence-electron chi connectivity index (χ4n) is 2.35. The second-order valence-corrected chi connectivity index (χ2v) is 6.40. The molecule has 0 aliphatic carbocycles. The first-order chi connectivity index (χ1) is 8.63. The average Bonchev–Trinajstić information content (AvgIpc) is 2.37. The van der Waals surface area contributed by atoms with E-state index in [1.165, 1.54) is 21.9 Å². The van der Waals surface area contributed by atoms with E-state index in [1.54, 1.807) is 0 Å². The molecule has 3 heteroatoms. The number of rotatable bonds is 4. The molecule has 0 saturated heterocycles. The van der Waals surface area contributed by atoms with Crippen LogP contribution in [0.25, 0.3) is 0 Å². The van der Waals surface area contributed by atoms with Crippen molar-refractivity contribution >= 4 is 17.4 Å². The topological polar surface area (TPSA) is 15.3 Å². The van der Waals surface area contributed by atoms with Crippen LogP contribution in [0.4, 0.5) is 5.69 Å². The molecule has 1 aliphatic rings. The van der Waals surface area contributed by atoms with Crippen LogP contribution in [-0.4, -0.2) is 31.9 Å². The maximum atomic E-state index is 3.25. The van der Waals surface area contributed by atoms with Crippen molar-refractivity contribution in [3.8, 4) is 0 Å².